The zero-order valence-corrected chi connectivity index (χ0v) is 10.9. The van der Waals surface area contributed by atoms with Gasteiger partial charge in [-0.1, -0.05) is 0 Å². The van der Waals surface area contributed by atoms with Crippen molar-refractivity contribution >= 4 is 20.1 Å². The molecule has 0 aliphatic heterocycles. The second kappa shape index (κ2) is 4.76. The molecule has 0 aliphatic carbocycles. The molecule has 0 aliphatic rings. The molecule has 0 saturated carbocycles. The number of carbonyl (C=O) groups is 1. The second-order valence-electron chi connectivity index (χ2n) is 3.81. The first-order valence-electron chi connectivity index (χ1n) is 4.94. The molecule has 3 heteroatoms. The van der Waals surface area contributed by atoms with Crippen molar-refractivity contribution in [3.05, 3.63) is 28.3 Å². The third-order valence-electron chi connectivity index (χ3n) is 2.79. The van der Waals surface area contributed by atoms with Crippen molar-refractivity contribution in [3.63, 3.8) is 0 Å². The molecule has 1 atom stereocenters. The van der Waals surface area contributed by atoms with E-state index in [1.165, 1.54) is 29.2 Å². The van der Waals surface area contributed by atoms with E-state index in [-0.39, 0.29) is 14.8 Å². The minimum Gasteiger partial charge on any atom is -0.443 e. The van der Waals surface area contributed by atoms with Gasteiger partial charge in [0.05, 0.1) is 0 Å². The van der Waals surface area contributed by atoms with Crippen LogP contribution in [0.15, 0.2) is 6.07 Å². The summed E-state index contributed by atoms with van der Waals surface area (Å²) in [6, 6.07) is 2.11. The van der Waals surface area contributed by atoms with Gasteiger partial charge in [0.25, 0.3) is 0 Å². The molecule has 0 N–H and O–H groups in total. The summed E-state index contributed by atoms with van der Waals surface area (Å²) in [5.74, 6) is -0.219. The number of aryl methyl sites for hydroxylation is 1. The maximum absolute atomic E-state index is 10.7. The average molecular weight is 224 g/mol. The Morgan fingerprint density at radius 3 is 2.27 bits per heavy atom. The van der Waals surface area contributed by atoms with Gasteiger partial charge in [-0.3, -0.25) is 4.79 Å². The van der Waals surface area contributed by atoms with E-state index < -0.39 is 0 Å². The largest absolute Gasteiger partial charge is 0.443 e. The number of hydrogen-bond acceptors (Lipinski definition) is 2. The highest BCUT2D eigenvalue weighted by Gasteiger charge is 2.08. The summed E-state index contributed by atoms with van der Waals surface area (Å²) in [6.45, 7) is 9.84. The van der Waals surface area contributed by atoms with Crippen LogP contribution in [0.1, 0.15) is 29.2 Å². The zero-order chi connectivity index (χ0) is 11.6. The molecule has 15 heavy (non-hydrogen) atoms. The first-order valence-corrected chi connectivity index (χ1v) is 5.85. The van der Waals surface area contributed by atoms with E-state index in [4.69, 9.17) is 4.52 Å². The van der Waals surface area contributed by atoms with E-state index >= 15 is 0 Å². The van der Waals surface area contributed by atoms with E-state index in [0.717, 1.165) is 5.30 Å². The highest BCUT2D eigenvalue weighted by molar-refractivity contribution is 7.42. The van der Waals surface area contributed by atoms with Crippen molar-refractivity contribution < 1.29 is 9.32 Å². The van der Waals surface area contributed by atoms with Gasteiger partial charge in [0.15, 0.2) is 0 Å². The number of carbonyl (C=O) groups excluding carboxylic acids is 1. The molecule has 0 amide bonds. The average Bonchev–Trinajstić information content (AvgIpc) is 2.18. The summed E-state index contributed by atoms with van der Waals surface area (Å²) in [4.78, 5) is 10.7. The fourth-order valence-electron chi connectivity index (χ4n) is 1.44. The van der Waals surface area contributed by atoms with E-state index in [1.807, 2.05) is 0 Å². The second-order valence-corrected chi connectivity index (χ2v) is 4.76. The van der Waals surface area contributed by atoms with Crippen LogP contribution in [-0.4, -0.2) is 5.97 Å². The van der Waals surface area contributed by atoms with Gasteiger partial charge in [-0.2, -0.15) is 0 Å². The van der Waals surface area contributed by atoms with Crippen LogP contribution >= 0.6 is 8.81 Å². The summed E-state index contributed by atoms with van der Waals surface area (Å²) < 4.78 is 5.05. The van der Waals surface area contributed by atoms with Gasteiger partial charge in [0, 0.05) is 12.2 Å². The van der Waals surface area contributed by atoms with Gasteiger partial charge in [0.1, 0.15) is 8.81 Å². The van der Waals surface area contributed by atoms with Gasteiger partial charge in [-0.15, -0.1) is 0 Å². The van der Waals surface area contributed by atoms with Crippen molar-refractivity contribution in [3.8, 4) is 0 Å². The van der Waals surface area contributed by atoms with Crippen LogP contribution in [0, 0.1) is 27.7 Å². The van der Waals surface area contributed by atoms with Gasteiger partial charge in [0.2, 0.25) is 0 Å². The Hall–Kier alpha value is -0.880. The lowest BCUT2D eigenvalue weighted by Gasteiger charge is -2.13. The molecule has 2 nitrogen and oxygen atoms in total. The maximum Gasteiger partial charge on any atom is 0.305 e. The van der Waals surface area contributed by atoms with Crippen molar-refractivity contribution in [2.75, 3.05) is 0 Å². The molecular formula is C12H17O2P. The highest BCUT2D eigenvalue weighted by atomic mass is 31.1. The lowest BCUT2D eigenvalue weighted by molar-refractivity contribution is -0.130. The number of hydrogen-bond donors (Lipinski definition) is 0. The summed E-state index contributed by atoms with van der Waals surface area (Å²) in [6.07, 6.45) is 0. The van der Waals surface area contributed by atoms with Crippen molar-refractivity contribution in [2.24, 2.45) is 0 Å². The predicted molar refractivity (Wildman–Crippen MR) is 65.1 cm³/mol. The van der Waals surface area contributed by atoms with Gasteiger partial charge < -0.3 is 4.52 Å². The zero-order valence-electron chi connectivity index (χ0n) is 9.89. The minimum absolute atomic E-state index is 0.123. The predicted octanol–water partition coefficient (Wildman–Crippen LogP) is 2.70. The lowest BCUT2D eigenvalue weighted by atomic mass is 10.00. The third-order valence-corrected chi connectivity index (χ3v) is 3.91. The first-order chi connectivity index (χ1) is 6.93. The number of rotatable bonds is 2. The van der Waals surface area contributed by atoms with Crippen LogP contribution in [0.3, 0.4) is 0 Å². The molecule has 0 heterocycles. The van der Waals surface area contributed by atoms with E-state index in [9.17, 15) is 4.79 Å². The van der Waals surface area contributed by atoms with E-state index in [0.29, 0.717) is 0 Å². The van der Waals surface area contributed by atoms with Crippen LogP contribution in [0.4, 0.5) is 0 Å². The molecule has 0 aromatic heterocycles. The van der Waals surface area contributed by atoms with Gasteiger partial charge in [-0.25, -0.2) is 0 Å². The topological polar surface area (TPSA) is 26.3 Å². The molecule has 0 saturated heterocycles. The summed E-state index contributed by atoms with van der Waals surface area (Å²) >= 11 is 0. The fraction of sp³-hybridized carbons (Fsp3) is 0.417. The normalized spacial score (nSPS) is 11.0. The third kappa shape index (κ3) is 2.79. The van der Waals surface area contributed by atoms with Crippen molar-refractivity contribution in [1.29, 1.82) is 0 Å². The molecule has 82 valence electrons. The Balaban J connectivity index is 3.04. The van der Waals surface area contributed by atoms with Crippen LogP contribution in [0.5, 0.6) is 0 Å². The molecule has 0 fully saturated rings. The number of benzene rings is 1. The van der Waals surface area contributed by atoms with E-state index in [2.05, 4.69) is 33.8 Å². The molecular weight excluding hydrogens is 207 g/mol. The van der Waals surface area contributed by atoms with Crippen LogP contribution in [-0.2, 0) is 9.32 Å². The standard InChI is InChI=1S/C12H17O2P/c1-7-6-12(15-14-11(5)13)10(4)9(3)8(7)2/h6,15H,1-5H3. The molecule has 1 aromatic carbocycles. The molecule has 1 rings (SSSR count). The van der Waals surface area contributed by atoms with Gasteiger partial charge in [-0.05, 0) is 56.0 Å². The Bertz CT molecular complexity index is 397. The Labute approximate surface area is 92.9 Å². The molecule has 1 aromatic rings. The van der Waals surface area contributed by atoms with Crippen molar-refractivity contribution in [2.45, 2.75) is 34.6 Å². The van der Waals surface area contributed by atoms with Crippen LogP contribution < -0.4 is 5.30 Å². The Morgan fingerprint density at radius 2 is 1.73 bits per heavy atom. The molecule has 1 unspecified atom stereocenters. The quantitative estimate of drug-likeness (QED) is 0.722. The van der Waals surface area contributed by atoms with E-state index in [1.54, 1.807) is 0 Å². The molecule has 0 spiro atoms. The summed E-state index contributed by atoms with van der Waals surface area (Å²) in [5.41, 5.74) is 5.11. The van der Waals surface area contributed by atoms with Crippen LogP contribution in [0.25, 0.3) is 0 Å². The van der Waals surface area contributed by atoms with Crippen LogP contribution in [0.2, 0.25) is 0 Å². The van der Waals surface area contributed by atoms with Crippen molar-refractivity contribution in [1.82, 2.24) is 0 Å². The van der Waals surface area contributed by atoms with Gasteiger partial charge >= 0.3 is 5.97 Å². The summed E-state index contributed by atoms with van der Waals surface area (Å²) in [7, 11) is 0.123. The molecule has 0 radical (unpaired) electrons. The Morgan fingerprint density at radius 1 is 1.13 bits per heavy atom. The summed E-state index contributed by atoms with van der Waals surface area (Å²) in [5, 5.41) is 1.13. The minimum atomic E-state index is -0.219. The first kappa shape index (κ1) is 12.2. The smallest absolute Gasteiger partial charge is 0.305 e. The Kier molecular flexibility index (Phi) is 3.87. The SMILES string of the molecule is CC(=O)OPc1cc(C)c(C)c(C)c1C. The fourth-order valence-corrected chi connectivity index (χ4v) is 2.31. The monoisotopic (exact) mass is 224 g/mol. The molecule has 0 bridgehead atoms. The maximum atomic E-state index is 10.7. The highest BCUT2D eigenvalue weighted by Crippen LogP contribution is 2.22. The lowest BCUT2D eigenvalue weighted by Crippen LogP contribution is -2.08.